The smallest absolute Gasteiger partial charge is 0.232 e. The first kappa shape index (κ1) is 23.3. The van der Waals surface area contributed by atoms with Crippen molar-refractivity contribution in [2.24, 2.45) is 0 Å². The molecule has 0 unspecified atom stereocenters. The molecule has 0 amide bonds. The van der Waals surface area contributed by atoms with Crippen LogP contribution in [0.3, 0.4) is 0 Å². The molecule has 0 saturated heterocycles. The van der Waals surface area contributed by atoms with Crippen LogP contribution in [0.4, 0.5) is 31.8 Å². The minimum absolute atomic E-state index is 0.151. The highest BCUT2D eigenvalue weighted by Crippen LogP contribution is 2.33. The molecular weight excluding hydrogens is 462 g/mol. The fourth-order valence-corrected chi connectivity index (χ4v) is 4.56. The van der Waals surface area contributed by atoms with Gasteiger partial charge in [-0.05, 0) is 54.8 Å². The Morgan fingerprint density at radius 1 is 1.03 bits per heavy atom. The Kier molecular flexibility index (Phi) is 6.29. The number of benzene rings is 2. The van der Waals surface area contributed by atoms with Gasteiger partial charge in [0.1, 0.15) is 29.5 Å². The molecule has 4 rings (SSSR count). The van der Waals surface area contributed by atoms with Gasteiger partial charge >= 0.3 is 0 Å². The molecule has 0 aliphatic rings. The molecule has 0 saturated carbocycles. The second-order valence-corrected chi connectivity index (χ2v) is 9.55. The van der Waals surface area contributed by atoms with E-state index in [4.69, 9.17) is 5.73 Å². The van der Waals surface area contributed by atoms with Crippen molar-refractivity contribution >= 4 is 43.9 Å². The third-order valence-corrected chi connectivity index (χ3v) is 6.64. The van der Waals surface area contributed by atoms with Crippen molar-refractivity contribution in [3.05, 3.63) is 66.1 Å². The van der Waals surface area contributed by atoms with Crippen molar-refractivity contribution in [3.8, 4) is 11.1 Å². The minimum Gasteiger partial charge on any atom is -0.383 e. The molecule has 2 aromatic carbocycles. The number of sulfonamides is 1. The fourth-order valence-electron chi connectivity index (χ4n) is 3.43. The number of nitrogens with zero attached hydrogens (tertiary/aromatic N) is 3. The third-order valence-electron chi connectivity index (χ3n) is 5.16. The van der Waals surface area contributed by atoms with Crippen molar-refractivity contribution in [1.29, 1.82) is 0 Å². The van der Waals surface area contributed by atoms with Crippen molar-refractivity contribution < 1.29 is 17.2 Å². The molecule has 176 valence electrons. The number of halogens is 2. The van der Waals surface area contributed by atoms with Gasteiger partial charge in [0.15, 0.2) is 5.82 Å². The first-order chi connectivity index (χ1) is 16.2. The van der Waals surface area contributed by atoms with E-state index < -0.39 is 27.3 Å². The summed E-state index contributed by atoms with van der Waals surface area (Å²) in [7, 11) is -3.77. The molecule has 0 aliphatic carbocycles. The standard InChI is InChI=1S/C23H22F2N6O2S/c1-3-8-34(32,33)31-19-7-5-17(24)21(20(19)25)30-23-16-10-14(4-6-18(16)28-12-29-23)15-9-13(2)22(26)27-11-15/h4-7,9-12,31H,3,8H2,1-2H3,(H2,26,27)(H,28,29,30). The largest absolute Gasteiger partial charge is 0.383 e. The molecule has 2 heterocycles. The average molecular weight is 485 g/mol. The lowest BCUT2D eigenvalue weighted by atomic mass is 10.0. The number of aromatic nitrogens is 3. The van der Waals surface area contributed by atoms with Crippen LogP contribution >= 0.6 is 0 Å². The highest BCUT2D eigenvalue weighted by atomic mass is 32.2. The summed E-state index contributed by atoms with van der Waals surface area (Å²) in [6, 6.07) is 9.27. The van der Waals surface area contributed by atoms with Crippen molar-refractivity contribution in [2.75, 3.05) is 21.5 Å². The van der Waals surface area contributed by atoms with Crippen LogP contribution in [-0.4, -0.2) is 29.1 Å². The van der Waals surface area contributed by atoms with Crippen LogP contribution in [0.25, 0.3) is 22.0 Å². The van der Waals surface area contributed by atoms with E-state index in [-0.39, 0.29) is 17.3 Å². The van der Waals surface area contributed by atoms with Gasteiger partial charge in [0.05, 0.1) is 17.0 Å². The van der Waals surface area contributed by atoms with Gasteiger partial charge in [0.2, 0.25) is 10.0 Å². The van der Waals surface area contributed by atoms with Gasteiger partial charge in [-0.25, -0.2) is 32.2 Å². The monoisotopic (exact) mass is 484 g/mol. The van der Waals surface area contributed by atoms with E-state index in [2.05, 4.69) is 25.0 Å². The number of nitrogen functional groups attached to an aromatic ring is 1. The first-order valence-electron chi connectivity index (χ1n) is 10.4. The molecule has 0 spiro atoms. The maximum atomic E-state index is 15.1. The molecule has 2 aromatic heterocycles. The van der Waals surface area contributed by atoms with Crippen LogP contribution in [0, 0.1) is 18.6 Å². The first-order valence-corrected chi connectivity index (χ1v) is 12.1. The van der Waals surface area contributed by atoms with Crippen LogP contribution < -0.4 is 15.8 Å². The highest BCUT2D eigenvalue weighted by Gasteiger charge is 2.19. The lowest BCUT2D eigenvalue weighted by Crippen LogP contribution is -2.17. The Balaban J connectivity index is 1.76. The molecule has 8 nitrogen and oxygen atoms in total. The van der Waals surface area contributed by atoms with Gasteiger partial charge in [-0.3, -0.25) is 4.72 Å². The van der Waals surface area contributed by atoms with Gasteiger partial charge in [-0.15, -0.1) is 0 Å². The van der Waals surface area contributed by atoms with Crippen molar-refractivity contribution in [1.82, 2.24) is 15.0 Å². The number of pyridine rings is 1. The maximum absolute atomic E-state index is 15.1. The Morgan fingerprint density at radius 3 is 2.56 bits per heavy atom. The van der Waals surface area contributed by atoms with Gasteiger partial charge in [0.25, 0.3) is 0 Å². The van der Waals surface area contributed by atoms with Crippen LogP contribution in [-0.2, 0) is 10.0 Å². The zero-order valence-corrected chi connectivity index (χ0v) is 19.2. The number of nitrogens with two attached hydrogens (primary N) is 1. The zero-order chi connectivity index (χ0) is 24.5. The minimum atomic E-state index is -3.77. The summed E-state index contributed by atoms with van der Waals surface area (Å²) in [5, 5.41) is 3.17. The van der Waals surface area contributed by atoms with E-state index >= 15 is 4.39 Å². The number of aryl methyl sites for hydroxylation is 1. The van der Waals surface area contributed by atoms with Crippen LogP contribution in [0.15, 0.2) is 48.9 Å². The summed E-state index contributed by atoms with van der Waals surface area (Å²) in [4.78, 5) is 12.5. The van der Waals surface area contributed by atoms with Crippen LogP contribution in [0.5, 0.6) is 0 Å². The Bertz CT molecular complexity index is 1490. The highest BCUT2D eigenvalue weighted by molar-refractivity contribution is 7.92. The lowest BCUT2D eigenvalue weighted by molar-refractivity contribution is 0.588. The quantitative estimate of drug-likeness (QED) is 0.346. The predicted octanol–water partition coefficient (Wildman–Crippen LogP) is 4.76. The zero-order valence-electron chi connectivity index (χ0n) is 18.4. The fraction of sp³-hybridized carbons (Fsp3) is 0.174. The molecule has 0 bridgehead atoms. The van der Waals surface area contributed by atoms with Gasteiger partial charge in [0, 0.05) is 17.1 Å². The molecule has 4 N–H and O–H groups in total. The van der Waals surface area contributed by atoms with Crippen molar-refractivity contribution in [3.63, 3.8) is 0 Å². The molecule has 0 fully saturated rings. The molecule has 0 atom stereocenters. The topological polar surface area (TPSA) is 123 Å². The summed E-state index contributed by atoms with van der Waals surface area (Å²) in [6.07, 6.45) is 3.25. The Morgan fingerprint density at radius 2 is 1.82 bits per heavy atom. The van der Waals surface area contributed by atoms with E-state index in [0.717, 1.165) is 28.8 Å². The van der Waals surface area contributed by atoms with E-state index in [0.29, 0.717) is 23.1 Å². The Hall–Kier alpha value is -3.86. The van der Waals surface area contributed by atoms with Gasteiger partial charge in [-0.2, -0.15) is 0 Å². The molecule has 34 heavy (non-hydrogen) atoms. The molecule has 11 heteroatoms. The van der Waals surface area contributed by atoms with Crippen LogP contribution in [0.1, 0.15) is 18.9 Å². The van der Waals surface area contributed by atoms with E-state index in [1.807, 2.05) is 19.1 Å². The number of fused-ring (bicyclic) bond motifs is 1. The maximum Gasteiger partial charge on any atom is 0.232 e. The van der Waals surface area contributed by atoms with Gasteiger partial charge in [-0.1, -0.05) is 13.0 Å². The normalized spacial score (nSPS) is 11.5. The van der Waals surface area contributed by atoms with E-state index in [9.17, 15) is 12.8 Å². The van der Waals surface area contributed by atoms with Crippen LogP contribution in [0.2, 0.25) is 0 Å². The predicted molar refractivity (Wildman–Crippen MR) is 129 cm³/mol. The summed E-state index contributed by atoms with van der Waals surface area (Å²) in [6.45, 7) is 3.53. The number of hydrogen-bond donors (Lipinski definition) is 3. The number of anilines is 4. The number of rotatable bonds is 7. The summed E-state index contributed by atoms with van der Waals surface area (Å²) >= 11 is 0. The SMILES string of the molecule is CCCS(=O)(=O)Nc1ccc(F)c(Nc2ncnc3ccc(-c4cnc(N)c(C)c4)cc23)c1F. The number of nitrogens with one attached hydrogen (secondary N) is 2. The lowest BCUT2D eigenvalue weighted by Gasteiger charge is -2.14. The molecule has 0 aliphatic heterocycles. The second kappa shape index (κ2) is 9.18. The molecule has 0 radical (unpaired) electrons. The third kappa shape index (κ3) is 4.74. The molecule has 4 aromatic rings. The summed E-state index contributed by atoms with van der Waals surface area (Å²) in [5.74, 6) is -1.60. The van der Waals surface area contributed by atoms with Gasteiger partial charge < -0.3 is 11.1 Å². The Labute approximate surface area is 195 Å². The average Bonchev–Trinajstić information content (AvgIpc) is 2.80. The number of hydrogen-bond acceptors (Lipinski definition) is 7. The summed E-state index contributed by atoms with van der Waals surface area (Å²) < 4.78 is 56.0. The van der Waals surface area contributed by atoms with E-state index in [1.54, 1.807) is 25.3 Å². The summed E-state index contributed by atoms with van der Waals surface area (Å²) in [5.41, 5.74) is 7.85. The second-order valence-electron chi connectivity index (χ2n) is 7.71. The van der Waals surface area contributed by atoms with E-state index in [1.165, 1.54) is 6.33 Å². The molecular formula is C23H22F2N6O2S. The van der Waals surface area contributed by atoms with Crippen molar-refractivity contribution in [2.45, 2.75) is 20.3 Å².